The van der Waals surface area contributed by atoms with Crippen molar-refractivity contribution in [2.75, 3.05) is 18.0 Å². The molecule has 0 radical (unpaired) electrons. The van der Waals surface area contributed by atoms with Crippen molar-refractivity contribution in [2.24, 2.45) is 0 Å². The molecule has 1 aromatic rings. The van der Waals surface area contributed by atoms with E-state index >= 15 is 0 Å². The number of aldehydes is 1. The van der Waals surface area contributed by atoms with Gasteiger partial charge in [-0.25, -0.2) is 4.79 Å². The zero-order valence-corrected chi connectivity index (χ0v) is 19.6. The number of fused-ring (bicyclic) bond motifs is 3. The predicted octanol–water partition coefficient (Wildman–Crippen LogP) is 5.42. The van der Waals surface area contributed by atoms with Gasteiger partial charge in [-0.15, -0.1) is 0 Å². The number of nitrogens with zero attached hydrogens (tertiary/aromatic N) is 2. The van der Waals surface area contributed by atoms with Gasteiger partial charge in [-0.1, -0.05) is 33.6 Å². The Labute approximate surface area is 182 Å². The zero-order chi connectivity index (χ0) is 21.4. The van der Waals surface area contributed by atoms with Gasteiger partial charge in [-0.2, -0.15) is 0 Å². The molecule has 2 atom stereocenters. The number of rotatable bonds is 5. The number of anilines is 1. The summed E-state index contributed by atoms with van der Waals surface area (Å²) in [5.74, 6) is 0. The summed E-state index contributed by atoms with van der Waals surface area (Å²) in [6.07, 6.45) is 4.75. The molecule has 2 heterocycles. The Morgan fingerprint density at radius 2 is 2.07 bits per heavy atom. The quantitative estimate of drug-likeness (QED) is 0.432. The molecule has 3 rings (SSSR count). The molecule has 2 aliphatic heterocycles. The summed E-state index contributed by atoms with van der Waals surface area (Å²) >= 11 is 3.60. The third-order valence-electron chi connectivity index (χ3n) is 5.72. The maximum atomic E-state index is 13.1. The van der Waals surface area contributed by atoms with Crippen molar-refractivity contribution in [3.05, 3.63) is 39.9 Å². The Hall–Kier alpha value is -1.82. The highest BCUT2D eigenvalue weighted by Gasteiger charge is 2.58. The van der Waals surface area contributed by atoms with Gasteiger partial charge in [0, 0.05) is 35.1 Å². The number of allylic oxidation sites excluding steroid dienone is 1. The first-order chi connectivity index (χ1) is 13.6. The predicted molar refractivity (Wildman–Crippen MR) is 119 cm³/mol. The molecule has 0 spiro atoms. The number of halogens is 1. The largest absolute Gasteiger partial charge is 0.444 e. The van der Waals surface area contributed by atoms with Crippen LogP contribution in [0.2, 0.25) is 0 Å². The van der Waals surface area contributed by atoms with E-state index in [-0.39, 0.29) is 17.7 Å². The van der Waals surface area contributed by atoms with Gasteiger partial charge in [0.25, 0.3) is 0 Å². The molecular formula is C23H31BrN2O3. The van der Waals surface area contributed by atoms with Crippen LogP contribution in [0, 0.1) is 0 Å². The van der Waals surface area contributed by atoms with E-state index in [9.17, 15) is 9.59 Å². The summed E-state index contributed by atoms with van der Waals surface area (Å²) in [4.78, 5) is 28.5. The van der Waals surface area contributed by atoms with Gasteiger partial charge in [0.15, 0.2) is 0 Å². The van der Waals surface area contributed by atoms with E-state index in [1.54, 1.807) is 0 Å². The minimum Gasteiger partial charge on any atom is -0.444 e. The number of carbonyl (C=O) groups excluding carboxylic acids is 2. The highest BCUT2D eigenvalue weighted by atomic mass is 79.9. The molecule has 0 aromatic heterocycles. The van der Waals surface area contributed by atoms with Crippen molar-refractivity contribution in [3.63, 3.8) is 0 Å². The van der Waals surface area contributed by atoms with Crippen LogP contribution < -0.4 is 4.90 Å². The molecule has 1 amide bonds. The number of carbonyl (C=O) groups is 2. The molecule has 1 aromatic carbocycles. The Balaban J connectivity index is 2.09. The van der Waals surface area contributed by atoms with Crippen molar-refractivity contribution < 1.29 is 14.3 Å². The summed E-state index contributed by atoms with van der Waals surface area (Å²) < 4.78 is 6.75. The van der Waals surface area contributed by atoms with Gasteiger partial charge < -0.3 is 14.4 Å². The average Bonchev–Trinajstić information content (AvgIpc) is 3.09. The Morgan fingerprint density at radius 1 is 1.34 bits per heavy atom. The van der Waals surface area contributed by atoms with Gasteiger partial charge in [0.05, 0.1) is 0 Å². The second-order valence-electron chi connectivity index (χ2n) is 9.25. The number of benzene rings is 1. The summed E-state index contributed by atoms with van der Waals surface area (Å²) in [6, 6.07) is 6.33. The molecular weight excluding hydrogens is 432 g/mol. The molecule has 2 aliphatic rings. The van der Waals surface area contributed by atoms with Gasteiger partial charge in [-0.05, 0) is 65.2 Å². The fraction of sp³-hybridized carbons (Fsp3) is 0.565. The van der Waals surface area contributed by atoms with Crippen LogP contribution in [0.5, 0.6) is 0 Å². The SMILES string of the molecule is CC(C)=CCN1c2cc(Br)ccc2[C@]2(CCC=O)CCN(C(=O)OC(C)(C)C)[C@H]12. The average molecular weight is 463 g/mol. The van der Waals surface area contributed by atoms with Crippen LogP contribution in [0.4, 0.5) is 10.5 Å². The summed E-state index contributed by atoms with van der Waals surface area (Å²) in [7, 11) is 0. The fourth-order valence-electron chi connectivity index (χ4n) is 4.60. The standard InChI is InChI=1S/C23H31BrN2O3/c1-16(2)9-12-25-19-15-17(24)7-8-18(19)23(10-6-14-27)11-13-26(20(23)25)21(28)29-22(3,4)5/h7-9,14-15,20H,6,10-13H2,1-5H3/t20-,23-/m0/s1. The van der Waals surface area contributed by atoms with Crippen LogP contribution in [-0.2, 0) is 14.9 Å². The van der Waals surface area contributed by atoms with Gasteiger partial charge >= 0.3 is 6.09 Å². The molecule has 29 heavy (non-hydrogen) atoms. The highest BCUT2D eigenvalue weighted by Crippen LogP contribution is 2.55. The van der Waals surface area contributed by atoms with E-state index in [2.05, 4.69) is 59.0 Å². The zero-order valence-electron chi connectivity index (χ0n) is 18.0. The molecule has 6 heteroatoms. The molecule has 1 saturated heterocycles. The van der Waals surface area contributed by atoms with Crippen LogP contribution in [0.25, 0.3) is 0 Å². The van der Waals surface area contributed by atoms with E-state index in [0.29, 0.717) is 19.5 Å². The number of hydrogen-bond donors (Lipinski definition) is 0. The number of hydrogen-bond acceptors (Lipinski definition) is 4. The monoisotopic (exact) mass is 462 g/mol. The lowest BCUT2D eigenvalue weighted by Crippen LogP contribution is -2.53. The normalized spacial score (nSPS) is 22.9. The topological polar surface area (TPSA) is 49.9 Å². The summed E-state index contributed by atoms with van der Waals surface area (Å²) in [5.41, 5.74) is 2.77. The molecule has 5 nitrogen and oxygen atoms in total. The number of likely N-dealkylation sites (tertiary alicyclic amines) is 1. The summed E-state index contributed by atoms with van der Waals surface area (Å²) in [5, 5.41) is 0. The van der Waals surface area contributed by atoms with E-state index in [4.69, 9.17) is 4.74 Å². The van der Waals surface area contributed by atoms with Crippen molar-refractivity contribution in [2.45, 2.75) is 71.1 Å². The lowest BCUT2D eigenvalue weighted by atomic mass is 9.75. The Morgan fingerprint density at radius 3 is 2.69 bits per heavy atom. The van der Waals surface area contributed by atoms with Gasteiger partial charge in [0.1, 0.15) is 18.1 Å². The maximum absolute atomic E-state index is 13.1. The smallest absolute Gasteiger partial charge is 0.411 e. The molecule has 0 N–H and O–H groups in total. The molecule has 158 valence electrons. The number of amides is 1. The molecule has 1 fully saturated rings. The highest BCUT2D eigenvalue weighted by molar-refractivity contribution is 9.10. The summed E-state index contributed by atoms with van der Waals surface area (Å²) in [6.45, 7) is 11.2. The van der Waals surface area contributed by atoms with Crippen molar-refractivity contribution in [3.8, 4) is 0 Å². The van der Waals surface area contributed by atoms with Crippen molar-refractivity contribution in [1.82, 2.24) is 4.90 Å². The Bertz CT molecular complexity index is 826. The lowest BCUT2D eigenvalue weighted by molar-refractivity contribution is -0.108. The van der Waals surface area contributed by atoms with E-state index in [1.807, 2.05) is 25.7 Å². The first-order valence-electron chi connectivity index (χ1n) is 10.2. The van der Waals surface area contributed by atoms with Crippen molar-refractivity contribution in [1.29, 1.82) is 0 Å². The first-order valence-corrected chi connectivity index (χ1v) is 11.0. The lowest BCUT2D eigenvalue weighted by Gasteiger charge is -2.38. The third-order valence-corrected chi connectivity index (χ3v) is 6.21. The van der Waals surface area contributed by atoms with Crippen LogP contribution in [0.3, 0.4) is 0 Å². The van der Waals surface area contributed by atoms with E-state index < -0.39 is 5.60 Å². The minimum atomic E-state index is -0.551. The maximum Gasteiger partial charge on any atom is 0.411 e. The second kappa shape index (κ2) is 8.13. The molecule has 0 aliphatic carbocycles. The first kappa shape index (κ1) is 21.9. The van der Waals surface area contributed by atoms with Crippen LogP contribution in [0.1, 0.15) is 59.4 Å². The number of ether oxygens (including phenoxy) is 1. The van der Waals surface area contributed by atoms with Gasteiger partial charge in [0.2, 0.25) is 0 Å². The van der Waals surface area contributed by atoms with Crippen molar-refractivity contribution >= 4 is 34.0 Å². The van der Waals surface area contributed by atoms with Crippen LogP contribution in [-0.4, -0.2) is 42.1 Å². The minimum absolute atomic E-state index is 0.155. The van der Waals surface area contributed by atoms with Crippen LogP contribution >= 0.6 is 15.9 Å². The molecule has 0 unspecified atom stereocenters. The molecule has 0 bridgehead atoms. The third kappa shape index (κ3) is 4.23. The fourth-order valence-corrected chi connectivity index (χ4v) is 4.95. The Kier molecular flexibility index (Phi) is 6.13. The molecule has 0 saturated carbocycles. The van der Waals surface area contributed by atoms with Crippen LogP contribution in [0.15, 0.2) is 34.3 Å². The van der Waals surface area contributed by atoms with E-state index in [1.165, 1.54) is 11.1 Å². The van der Waals surface area contributed by atoms with E-state index in [0.717, 1.165) is 29.3 Å². The van der Waals surface area contributed by atoms with Gasteiger partial charge in [-0.3, -0.25) is 4.90 Å². The second-order valence-corrected chi connectivity index (χ2v) is 10.2.